The molecule has 0 aromatic rings. The molecule has 0 spiro atoms. The fourth-order valence-electron chi connectivity index (χ4n) is 1.35. The molecule has 0 aromatic carbocycles. The lowest BCUT2D eigenvalue weighted by molar-refractivity contribution is -0.140. The van der Waals surface area contributed by atoms with Crippen LogP contribution in [0.3, 0.4) is 0 Å². The first-order valence-electron chi connectivity index (χ1n) is 6.43. The fourth-order valence-corrected chi connectivity index (χ4v) is 1.35. The molecule has 0 unspecified atom stereocenters. The van der Waals surface area contributed by atoms with Crippen molar-refractivity contribution >= 4 is 17.6 Å². The Kier molecular flexibility index (Phi) is 12.6. The van der Waals surface area contributed by atoms with Crippen molar-refractivity contribution in [2.75, 3.05) is 6.54 Å². The number of hydrogen-bond acceptors (Lipinski definition) is 3. The molecule has 0 aliphatic rings. The highest BCUT2D eigenvalue weighted by molar-refractivity contribution is 5.99. The van der Waals surface area contributed by atoms with Gasteiger partial charge in [0.05, 0.1) is 0 Å². The van der Waals surface area contributed by atoms with Gasteiger partial charge in [-0.05, 0) is 25.8 Å². The molecule has 0 bridgehead atoms. The number of imide groups is 1. The van der Waals surface area contributed by atoms with Gasteiger partial charge in [0.1, 0.15) is 5.78 Å². The smallest absolute Gasteiger partial charge is 0.252 e. The number of nitrogens with zero attached hydrogens (tertiary/aromatic N) is 1. The minimum absolute atomic E-state index is 0.172. The van der Waals surface area contributed by atoms with Crippen molar-refractivity contribution in [2.24, 2.45) is 0 Å². The van der Waals surface area contributed by atoms with E-state index in [1.54, 1.807) is 6.92 Å². The monoisotopic (exact) mass is 255 g/mol. The number of unbranched alkanes of at least 4 members (excludes halogenated alkanes) is 2. The van der Waals surface area contributed by atoms with Crippen LogP contribution in [0.25, 0.3) is 0 Å². The van der Waals surface area contributed by atoms with Crippen LogP contribution < -0.4 is 0 Å². The summed E-state index contributed by atoms with van der Waals surface area (Å²) >= 11 is 0. The first kappa shape index (κ1) is 18.9. The third-order valence-electron chi connectivity index (χ3n) is 2.23. The number of Topliss-reactive ketones (excluding diaryl/α,β-unsaturated/α-hetero) is 1. The Bertz CT molecular complexity index is 285. The van der Waals surface area contributed by atoms with Gasteiger partial charge in [-0.15, -0.1) is 0 Å². The average Bonchev–Trinajstić information content (AvgIpc) is 2.34. The third kappa shape index (κ3) is 9.75. The maximum atomic E-state index is 11.3. The van der Waals surface area contributed by atoms with E-state index >= 15 is 0 Å². The number of carbonyl (C=O) groups is 3. The Morgan fingerprint density at radius 3 is 2.00 bits per heavy atom. The summed E-state index contributed by atoms with van der Waals surface area (Å²) in [6.07, 6.45) is 4.08. The number of ketones is 1. The normalized spacial score (nSPS) is 8.89. The predicted octanol–water partition coefficient (Wildman–Crippen LogP) is 2.72. The molecule has 0 N–H and O–H groups in total. The molecule has 104 valence electrons. The first-order valence-corrected chi connectivity index (χ1v) is 6.43. The second-order valence-electron chi connectivity index (χ2n) is 3.73. The number of amides is 2. The topological polar surface area (TPSA) is 54.5 Å². The van der Waals surface area contributed by atoms with Crippen molar-refractivity contribution in [3.05, 3.63) is 12.7 Å². The Morgan fingerprint density at radius 2 is 1.61 bits per heavy atom. The summed E-state index contributed by atoms with van der Waals surface area (Å²) < 4.78 is 0. The van der Waals surface area contributed by atoms with Gasteiger partial charge in [-0.25, -0.2) is 0 Å². The van der Waals surface area contributed by atoms with Gasteiger partial charge < -0.3 is 4.79 Å². The molecular formula is C14H25NO3. The SMILES string of the molecule is C=CC(=O)N(CCCCCC(C)=O)C(C)=O.CC. The summed E-state index contributed by atoms with van der Waals surface area (Å²) in [5.74, 6) is -0.457. The van der Waals surface area contributed by atoms with E-state index in [-0.39, 0.29) is 17.6 Å². The second-order valence-corrected chi connectivity index (χ2v) is 3.73. The molecule has 2 amide bonds. The summed E-state index contributed by atoms with van der Waals surface area (Å²) in [7, 11) is 0. The van der Waals surface area contributed by atoms with Crippen LogP contribution in [0, 0.1) is 0 Å². The Hall–Kier alpha value is -1.45. The maximum absolute atomic E-state index is 11.3. The van der Waals surface area contributed by atoms with E-state index in [0.717, 1.165) is 25.3 Å². The van der Waals surface area contributed by atoms with Crippen LogP contribution >= 0.6 is 0 Å². The van der Waals surface area contributed by atoms with E-state index in [2.05, 4.69) is 6.58 Å². The third-order valence-corrected chi connectivity index (χ3v) is 2.23. The zero-order valence-corrected chi connectivity index (χ0v) is 12.0. The average molecular weight is 255 g/mol. The molecule has 0 rings (SSSR count). The van der Waals surface area contributed by atoms with Crippen molar-refractivity contribution in [2.45, 2.75) is 53.4 Å². The van der Waals surface area contributed by atoms with Gasteiger partial charge in [0.2, 0.25) is 5.91 Å². The fraction of sp³-hybridized carbons (Fsp3) is 0.643. The van der Waals surface area contributed by atoms with Gasteiger partial charge in [-0.3, -0.25) is 14.5 Å². The molecule has 0 fully saturated rings. The molecule has 0 saturated heterocycles. The van der Waals surface area contributed by atoms with Crippen LogP contribution in [-0.2, 0) is 14.4 Å². The molecule has 0 aromatic heterocycles. The van der Waals surface area contributed by atoms with Crippen molar-refractivity contribution in [1.29, 1.82) is 0 Å². The van der Waals surface area contributed by atoms with E-state index in [1.165, 1.54) is 11.8 Å². The number of rotatable bonds is 7. The molecule has 0 radical (unpaired) electrons. The highest BCUT2D eigenvalue weighted by Gasteiger charge is 2.13. The predicted molar refractivity (Wildman–Crippen MR) is 73.1 cm³/mol. The summed E-state index contributed by atoms with van der Waals surface area (Å²) in [4.78, 5) is 34.2. The van der Waals surface area contributed by atoms with Crippen LogP contribution in [-0.4, -0.2) is 29.0 Å². The Balaban J connectivity index is 0. The minimum Gasteiger partial charge on any atom is -0.300 e. The maximum Gasteiger partial charge on any atom is 0.252 e. The molecule has 4 heteroatoms. The molecule has 0 aliphatic heterocycles. The van der Waals surface area contributed by atoms with Gasteiger partial charge in [0.25, 0.3) is 5.91 Å². The largest absolute Gasteiger partial charge is 0.300 e. The second kappa shape index (κ2) is 12.0. The highest BCUT2D eigenvalue weighted by atomic mass is 16.2. The van der Waals surface area contributed by atoms with Gasteiger partial charge in [0.15, 0.2) is 0 Å². The lowest BCUT2D eigenvalue weighted by atomic mass is 10.1. The zero-order chi connectivity index (χ0) is 14.6. The lowest BCUT2D eigenvalue weighted by Gasteiger charge is -2.16. The summed E-state index contributed by atoms with van der Waals surface area (Å²) in [5, 5.41) is 0. The number of carbonyl (C=O) groups excluding carboxylic acids is 3. The van der Waals surface area contributed by atoms with E-state index < -0.39 is 0 Å². The zero-order valence-electron chi connectivity index (χ0n) is 12.0. The molecule has 4 nitrogen and oxygen atoms in total. The lowest BCUT2D eigenvalue weighted by Crippen LogP contribution is -2.34. The molecule has 0 heterocycles. The summed E-state index contributed by atoms with van der Waals surface area (Å²) in [6, 6.07) is 0. The summed E-state index contributed by atoms with van der Waals surface area (Å²) in [5.41, 5.74) is 0. The Morgan fingerprint density at radius 1 is 1.06 bits per heavy atom. The number of hydrogen-bond donors (Lipinski definition) is 0. The van der Waals surface area contributed by atoms with Gasteiger partial charge in [-0.2, -0.15) is 0 Å². The highest BCUT2D eigenvalue weighted by Crippen LogP contribution is 2.03. The first-order chi connectivity index (χ1) is 8.49. The van der Waals surface area contributed by atoms with Crippen LogP contribution in [0.15, 0.2) is 12.7 Å². The van der Waals surface area contributed by atoms with Gasteiger partial charge in [0, 0.05) is 19.9 Å². The van der Waals surface area contributed by atoms with Crippen molar-refractivity contribution in [3.63, 3.8) is 0 Å². The van der Waals surface area contributed by atoms with Gasteiger partial charge >= 0.3 is 0 Å². The summed E-state index contributed by atoms with van der Waals surface area (Å²) in [6.45, 7) is 10.7. The van der Waals surface area contributed by atoms with Crippen LogP contribution in [0.1, 0.15) is 53.4 Å². The van der Waals surface area contributed by atoms with E-state index in [0.29, 0.717) is 13.0 Å². The molecule has 0 saturated carbocycles. The van der Waals surface area contributed by atoms with Crippen LogP contribution in [0.4, 0.5) is 0 Å². The molecule has 0 atom stereocenters. The van der Waals surface area contributed by atoms with Gasteiger partial charge in [-0.1, -0.05) is 26.8 Å². The van der Waals surface area contributed by atoms with E-state index in [9.17, 15) is 14.4 Å². The minimum atomic E-state index is -0.362. The van der Waals surface area contributed by atoms with Crippen LogP contribution in [0.2, 0.25) is 0 Å². The molecule has 0 aliphatic carbocycles. The molecule has 18 heavy (non-hydrogen) atoms. The van der Waals surface area contributed by atoms with Crippen LogP contribution in [0.5, 0.6) is 0 Å². The van der Waals surface area contributed by atoms with Crippen molar-refractivity contribution in [1.82, 2.24) is 4.90 Å². The van der Waals surface area contributed by atoms with E-state index in [1.807, 2.05) is 13.8 Å². The van der Waals surface area contributed by atoms with E-state index in [4.69, 9.17) is 0 Å². The quantitative estimate of drug-likeness (QED) is 0.519. The van der Waals surface area contributed by atoms with Crippen molar-refractivity contribution < 1.29 is 14.4 Å². The van der Waals surface area contributed by atoms with Crippen molar-refractivity contribution in [3.8, 4) is 0 Å². The molecular weight excluding hydrogens is 230 g/mol. The Labute approximate surface area is 110 Å². The standard InChI is InChI=1S/C12H19NO3.C2H6/c1-4-12(16)13(11(3)15)9-7-5-6-8-10(2)14;1-2/h4H,1,5-9H2,2-3H3;1-2H3.